The smallest absolute Gasteiger partial charge is 0.343 e. The normalized spacial score (nSPS) is 11.4. The van der Waals surface area contributed by atoms with Crippen LogP contribution in [0.4, 0.5) is 13.2 Å². The number of alkyl halides is 3. The van der Waals surface area contributed by atoms with Crippen molar-refractivity contribution in [3.63, 3.8) is 0 Å². The van der Waals surface area contributed by atoms with Gasteiger partial charge in [-0.25, -0.2) is 0 Å². The number of aryl methyl sites for hydroxylation is 1. The van der Waals surface area contributed by atoms with E-state index in [9.17, 15) is 18.0 Å². The Kier molecular flexibility index (Phi) is 5.86. The first kappa shape index (κ1) is 15.5. The third kappa shape index (κ3) is 6.27. The fraction of sp³-hybridized carbons (Fsp3) is 0.500. The Labute approximate surface area is 111 Å². The maximum absolute atomic E-state index is 12.1. The second-order valence-electron chi connectivity index (χ2n) is 4.32. The molecule has 1 rings (SSSR count). The van der Waals surface area contributed by atoms with Crippen LogP contribution in [0, 0.1) is 0 Å². The second kappa shape index (κ2) is 7.16. The van der Waals surface area contributed by atoms with Gasteiger partial charge in [-0.1, -0.05) is 30.3 Å². The highest BCUT2D eigenvalue weighted by Crippen LogP contribution is 2.20. The molecule has 0 saturated heterocycles. The molecule has 0 unspecified atom stereocenters. The minimum atomic E-state index is -4.22. The number of hydrogen-bond acceptors (Lipinski definition) is 1. The lowest BCUT2D eigenvalue weighted by atomic mass is 10.1. The van der Waals surface area contributed by atoms with Crippen molar-refractivity contribution in [2.24, 2.45) is 0 Å². The molecule has 19 heavy (non-hydrogen) atoms. The summed E-state index contributed by atoms with van der Waals surface area (Å²) in [6, 6.07) is 9.44. The fourth-order valence-electron chi connectivity index (χ4n) is 1.77. The molecule has 0 heterocycles. The number of benzene rings is 1. The largest absolute Gasteiger partial charge is 0.390 e. The third-order valence-electron chi connectivity index (χ3n) is 2.87. The van der Waals surface area contributed by atoms with E-state index in [4.69, 9.17) is 0 Å². The minimum absolute atomic E-state index is 0.226. The first-order chi connectivity index (χ1) is 8.92. The van der Waals surface area contributed by atoms with Crippen molar-refractivity contribution < 1.29 is 18.0 Å². The van der Waals surface area contributed by atoms with Gasteiger partial charge in [-0.15, -0.1) is 0 Å². The van der Waals surface area contributed by atoms with Gasteiger partial charge in [-0.2, -0.15) is 13.2 Å². The van der Waals surface area contributed by atoms with Crippen LogP contribution in [0.25, 0.3) is 0 Å². The van der Waals surface area contributed by atoms with E-state index in [1.807, 2.05) is 30.3 Å². The van der Waals surface area contributed by atoms with Gasteiger partial charge in [0.2, 0.25) is 5.91 Å². The van der Waals surface area contributed by atoms with Gasteiger partial charge in [0.25, 0.3) is 0 Å². The third-order valence-corrected chi connectivity index (χ3v) is 2.87. The number of carbonyl (C=O) groups is 1. The van der Waals surface area contributed by atoms with Gasteiger partial charge in [-0.3, -0.25) is 4.79 Å². The molecule has 0 aromatic heterocycles. The maximum Gasteiger partial charge on any atom is 0.390 e. The number of carbonyl (C=O) groups excluding carboxylic acids is 1. The van der Waals surface area contributed by atoms with Crippen molar-refractivity contribution >= 4 is 5.91 Å². The van der Waals surface area contributed by atoms with E-state index in [0.717, 1.165) is 5.56 Å². The molecule has 0 N–H and O–H groups in total. The average molecular weight is 273 g/mol. The van der Waals surface area contributed by atoms with E-state index >= 15 is 0 Å². The van der Waals surface area contributed by atoms with Crippen molar-refractivity contribution in [2.75, 3.05) is 13.1 Å². The van der Waals surface area contributed by atoms with E-state index in [1.165, 1.54) is 4.90 Å². The topological polar surface area (TPSA) is 20.3 Å². The van der Waals surface area contributed by atoms with E-state index in [1.54, 1.807) is 6.92 Å². The molecule has 1 amide bonds. The van der Waals surface area contributed by atoms with Gasteiger partial charge in [0.15, 0.2) is 0 Å². The van der Waals surface area contributed by atoms with Gasteiger partial charge < -0.3 is 4.90 Å². The van der Waals surface area contributed by atoms with Crippen LogP contribution in [0.2, 0.25) is 0 Å². The van der Waals surface area contributed by atoms with Crippen LogP contribution in [0.1, 0.15) is 25.3 Å². The molecule has 0 radical (unpaired) electrons. The summed E-state index contributed by atoms with van der Waals surface area (Å²) < 4.78 is 36.4. The molecular weight excluding hydrogens is 255 g/mol. The summed E-state index contributed by atoms with van der Waals surface area (Å²) in [4.78, 5) is 13.1. The van der Waals surface area contributed by atoms with E-state index < -0.39 is 12.6 Å². The summed E-state index contributed by atoms with van der Waals surface area (Å²) in [5, 5.41) is 0. The van der Waals surface area contributed by atoms with E-state index in [-0.39, 0.29) is 18.9 Å². The molecule has 0 aliphatic heterocycles. The second-order valence-corrected chi connectivity index (χ2v) is 4.32. The molecule has 1 aromatic rings. The van der Waals surface area contributed by atoms with Crippen molar-refractivity contribution in [3.8, 4) is 0 Å². The molecule has 0 spiro atoms. The lowest BCUT2D eigenvalue weighted by Gasteiger charge is -2.21. The van der Waals surface area contributed by atoms with Crippen LogP contribution in [-0.4, -0.2) is 30.1 Å². The van der Waals surface area contributed by atoms with Crippen molar-refractivity contribution in [1.29, 1.82) is 0 Å². The zero-order valence-corrected chi connectivity index (χ0v) is 10.9. The summed E-state index contributed by atoms with van der Waals surface area (Å²) in [5.74, 6) is -0.226. The number of amides is 1. The van der Waals surface area contributed by atoms with Crippen LogP contribution >= 0.6 is 0 Å². The monoisotopic (exact) mass is 273 g/mol. The summed E-state index contributed by atoms with van der Waals surface area (Å²) in [6.07, 6.45) is -4.36. The summed E-state index contributed by atoms with van der Waals surface area (Å²) in [6.45, 7) is 1.74. The van der Waals surface area contributed by atoms with Crippen LogP contribution in [-0.2, 0) is 11.2 Å². The lowest BCUT2D eigenvalue weighted by Crippen LogP contribution is -2.34. The maximum atomic E-state index is 12.1. The molecule has 0 saturated carbocycles. The van der Waals surface area contributed by atoms with Crippen molar-refractivity contribution in [2.45, 2.75) is 32.4 Å². The lowest BCUT2D eigenvalue weighted by molar-refractivity contribution is -0.145. The first-order valence-electron chi connectivity index (χ1n) is 6.31. The van der Waals surface area contributed by atoms with E-state index in [0.29, 0.717) is 13.0 Å². The number of halogens is 3. The Balaban J connectivity index is 2.41. The highest BCUT2D eigenvalue weighted by atomic mass is 19.4. The highest BCUT2D eigenvalue weighted by Gasteiger charge is 2.28. The molecular formula is C14H18F3NO. The molecule has 0 aliphatic carbocycles. The zero-order chi connectivity index (χ0) is 14.3. The summed E-state index contributed by atoms with van der Waals surface area (Å²) >= 11 is 0. The van der Waals surface area contributed by atoms with Gasteiger partial charge >= 0.3 is 6.18 Å². The number of rotatable bonds is 6. The molecule has 1 aromatic carbocycles. The zero-order valence-electron chi connectivity index (χ0n) is 10.9. The van der Waals surface area contributed by atoms with Crippen LogP contribution in [0.3, 0.4) is 0 Å². The molecule has 5 heteroatoms. The van der Waals surface area contributed by atoms with Crippen LogP contribution < -0.4 is 0 Å². The van der Waals surface area contributed by atoms with Gasteiger partial charge in [0.05, 0.1) is 6.42 Å². The van der Waals surface area contributed by atoms with Crippen LogP contribution in [0.15, 0.2) is 30.3 Å². The van der Waals surface area contributed by atoms with Gasteiger partial charge in [0.1, 0.15) is 0 Å². The van der Waals surface area contributed by atoms with Crippen molar-refractivity contribution in [1.82, 2.24) is 4.90 Å². The quantitative estimate of drug-likeness (QED) is 0.777. The molecule has 0 fully saturated rings. The fourth-order valence-corrected chi connectivity index (χ4v) is 1.77. The summed E-state index contributed by atoms with van der Waals surface area (Å²) in [5.41, 5.74) is 1.02. The number of nitrogens with zero attached hydrogens (tertiary/aromatic N) is 1. The Bertz CT molecular complexity index is 389. The predicted octanol–water partition coefficient (Wildman–Crippen LogP) is 3.42. The number of hydrogen-bond donors (Lipinski definition) is 0. The highest BCUT2D eigenvalue weighted by molar-refractivity contribution is 5.76. The standard InChI is InChI=1S/C14H18F3NO/c1-2-18(11-10-14(15,16)17)13(19)9-8-12-6-4-3-5-7-12/h3-7H,2,8-11H2,1H3. The predicted molar refractivity (Wildman–Crippen MR) is 67.7 cm³/mol. The molecule has 0 aliphatic rings. The van der Waals surface area contributed by atoms with Crippen molar-refractivity contribution in [3.05, 3.63) is 35.9 Å². The average Bonchev–Trinajstić information content (AvgIpc) is 2.37. The summed E-state index contributed by atoms with van der Waals surface area (Å²) in [7, 11) is 0. The minimum Gasteiger partial charge on any atom is -0.343 e. The van der Waals surface area contributed by atoms with Gasteiger partial charge in [0, 0.05) is 19.5 Å². The van der Waals surface area contributed by atoms with E-state index in [2.05, 4.69) is 0 Å². The molecule has 2 nitrogen and oxygen atoms in total. The Morgan fingerprint density at radius 3 is 2.37 bits per heavy atom. The first-order valence-corrected chi connectivity index (χ1v) is 6.31. The SMILES string of the molecule is CCN(CCC(F)(F)F)C(=O)CCc1ccccc1. The molecule has 0 atom stereocenters. The Morgan fingerprint density at radius 1 is 1.21 bits per heavy atom. The Morgan fingerprint density at radius 2 is 1.84 bits per heavy atom. The molecule has 0 bridgehead atoms. The van der Waals surface area contributed by atoms with Crippen LogP contribution in [0.5, 0.6) is 0 Å². The molecule has 106 valence electrons. The van der Waals surface area contributed by atoms with Gasteiger partial charge in [-0.05, 0) is 18.9 Å². The Hall–Kier alpha value is -1.52.